The van der Waals surface area contributed by atoms with E-state index in [1.165, 1.54) is 0 Å². The summed E-state index contributed by atoms with van der Waals surface area (Å²) in [5.74, 6) is 0. The average molecular weight is 320 g/mol. The molecular formula is C16H20N2O5. The summed E-state index contributed by atoms with van der Waals surface area (Å²) in [6.07, 6.45) is -2.30. The Balaban J connectivity index is 1.81. The summed E-state index contributed by atoms with van der Waals surface area (Å²) >= 11 is 0. The second-order valence-electron chi connectivity index (χ2n) is 5.66. The van der Waals surface area contributed by atoms with Crippen LogP contribution in [0.2, 0.25) is 0 Å². The van der Waals surface area contributed by atoms with Crippen LogP contribution in [-0.4, -0.2) is 67.1 Å². The Hall–Kier alpha value is -1.77. The highest BCUT2D eigenvalue weighted by Gasteiger charge is 2.43. The fraction of sp³-hybridized carbons (Fsp3) is 0.438. The number of aliphatic hydroxyl groups is 4. The molecule has 1 fully saturated rings. The summed E-state index contributed by atoms with van der Waals surface area (Å²) in [5.41, 5.74) is 1.82. The molecule has 0 radical (unpaired) electrons. The first-order valence-corrected chi connectivity index (χ1v) is 7.48. The van der Waals surface area contributed by atoms with Crippen molar-refractivity contribution in [1.29, 1.82) is 0 Å². The van der Waals surface area contributed by atoms with E-state index >= 15 is 0 Å². The lowest BCUT2D eigenvalue weighted by atomic mass is 9.95. The number of benzene rings is 1. The number of hydrogen-bond acceptors (Lipinski definition) is 6. The van der Waals surface area contributed by atoms with Gasteiger partial charge in [-0.25, -0.2) is 4.98 Å². The van der Waals surface area contributed by atoms with Gasteiger partial charge in [-0.2, -0.15) is 0 Å². The van der Waals surface area contributed by atoms with Crippen LogP contribution in [0.1, 0.15) is 0 Å². The van der Waals surface area contributed by atoms with Gasteiger partial charge in [0.05, 0.1) is 31.4 Å². The van der Waals surface area contributed by atoms with Gasteiger partial charge < -0.3 is 29.7 Å². The maximum absolute atomic E-state index is 10.1. The standard InChI is InChI=1S/C16H20N2O5/c19-8-13-15(21)16(22)14(20)12(23-13)7-18-9-17-6-11(18)10-4-2-1-3-5-10/h1-6,9,12-16,19-22H,7-8H2/t12-,13+,14-,15-,16+/m0/s1. The monoisotopic (exact) mass is 320 g/mol. The second kappa shape index (κ2) is 6.77. The van der Waals surface area contributed by atoms with Gasteiger partial charge in [-0.15, -0.1) is 0 Å². The van der Waals surface area contributed by atoms with Gasteiger partial charge in [0.1, 0.15) is 30.5 Å². The number of aliphatic hydroxyl groups excluding tert-OH is 4. The molecular weight excluding hydrogens is 300 g/mol. The summed E-state index contributed by atoms with van der Waals surface area (Å²) in [5, 5.41) is 39.1. The fourth-order valence-electron chi connectivity index (χ4n) is 2.84. The molecule has 5 atom stereocenters. The molecule has 0 bridgehead atoms. The van der Waals surface area contributed by atoms with Crippen molar-refractivity contribution in [2.24, 2.45) is 0 Å². The van der Waals surface area contributed by atoms with E-state index in [1.54, 1.807) is 12.5 Å². The van der Waals surface area contributed by atoms with Crippen LogP contribution in [0.25, 0.3) is 11.3 Å². The molecule has 1 saturated heterocycles. The topological polar surface area (TPSA) is 108 Å². The van der Waals surface area contributed by atoms with Gasteiger partial charge in [0.25, 0.3) is 0 Å². The number of rotatable bonds is 4. The first-order valence-electron chi connectivity index (χ1n) is 7.48. The Kier molecular flexibility index (Phi) is 4.74. The molecule has 1 aromatic carbocycles. The molecule has 7 heteroatoms. The van der Waals surface area contributed by atoms with Crippen molar-refractivity contribution in [2.45, 2.75) is 37.1 Å². The predicted octanol–water partition coefficient (Wildman–Crippen LogP) is -0.608. The highest BCUT2D eigenvalue weighted by atomic mass is 16.5. The zero-order valence-electron chi connectivity index (χ0n) is 12.4. The van der Waals surface area contributed by atoms with E-state index in [0.29, 0.717) is 0 Å². The zero-order valence-corrected chi connectivity index (χ0v) is 12.4. The summed E-state index contributed by atoms with van der Waals surface area (Å²) in [4.78, 5) is 4.13. The van der Waals surface area contributed by atoms with Crippen LogP contribution in [0.3, 0.4) is 0 Å². The lowest BCUT2D eigenvalue weighted by Gasteiger charge is -2.40. The Labute approximate surface area is 133 Å². The second-order valence-corrected chi connectivity index (χ2v) is 5.66. The largest absolute Gasteiger partial charge is 0.394 e. The predicted molar refractivity (Wildman–Crippen MR) is 81.4 cm³/mol. The van der Waals surface area contributed by atoms with Gasteiger partial charge in [-0.1, -0.05) is 30.3 Å². The van der Waals surface area contributed by atoms with Crippen LogP contribution >= 0.6 is 0 Å². The highest BCUT2D eigenvalue weighted by Crippen LogP contribution is 2.25. The molecule has 1 aliphatic rings. The third-order valence-electron chi connectivity index (χ3n) is 4.15. The molecule has 0 unspecified atom stereocenters. The quantitative estimate of drug-likeness (QED) is 0.599. The molecule has 2 heterocycles. The fourth-order valence-corrected chi connectivity index (χ4v) is 2.84. The number of nitrogens with zero attached hydrogens (tertiary/aromatic N) is 2. The van der Waals surface area contributed by atoms with E-state index in [4.69, 9.17) is 4.74 Å². The van der Waals surface area contributed by atoms with Gasteiger partial charge in [0.15, 0.2) is 0 Å². The van der Waals surface area contributed by atoms with Gasteiger partial charge >= 0.3 is 0 Å². The highest BCUT2D eigenvalue weighted by molar-refractivity contribution is 5.58. The van der Waals surface area contributed by atoms with Crippen LogP contribution in [0.5, 0.6) is 0 Å². The molecule has 4 N–H and O–H groups in total. The molecule has 0 amide bonds. The SMILES string of the molecule is OC[C@H]1O[C@@H](Cn2cncc2-c2ccccc2)[C@H](O)[C@@H](O)[C@H]1O. The van der Waals surface area contributed by atoms with Crippen LogP contribution in [0, 0.1) is 0 Å². The van der Waals surface area contributed by atoms with E-state index in [9.17, 15) is 20.4 Å². The number of ether oxygens (including phenoxy) is 1. The van der Waals surface area contributed by atoms with Gasteiger partial charge in [0.2, 0.25) is 0 Å². The third-order valence-corrected chi connectivity index (χ3v) is 4.15. The first-order chi connectivity index (χ1) is 11.1. The third kappa shape index (κ3) is 3.15. The lowest BCUT2D eigenvalue weighted by molar-refractivity contribution is -0.231. The molecule has 3 rings (SSSR count). The first kappa shape index (κ1) is 16.1. The molecule has 0 saturated carbocycles. The van der Waals surface area contributed by atoms with Crippen molar-refractivity contribution in [3.63, 3.8) is 0 Å². The molecule has 7 nitrogen and oxygen atoms in total. The van der Waals surface area contributed by atoms with Gasteiger partial charge in [-0.05, 0) is 5.56 Å². The number of imidazole rings is 1. The van der Waals surface area contributed by atoms with Crippen molar-refractivity contribution < 1.29 is 25.2 Å². The van der Waals surface area contributed by atoms with E-state index in [2.05, 4.69) is 4.98 Å². The van der Waals surface area contributed by atoms with Crippen molar-refractivity contribution in [2.75, 3.05) is 6.61 Å². The normalized spacial score (nSPS) is 31.2. The van der Waals surface area contributed by atoms with E-state index in [-0.39, 0.29) is 6.54 Å². The van der Waals surface area contributed by atoms with Crippen LogP contribution in [0.15, 0.2) is 42.9 Å². The molecule has 1 aliphatic heterocycles. The number of aromatic nitrogens is 2. The minimum absolute atomic E-state index is 0.242. The Bertz CT molecular complexity index is 630. The Morgan fingerprint density at radius 3 is 2.39 bits per heavy atom. The zero-order chi connectivity index (χ0) is 16.4. The lowest BCUT2D eigenvalue weighted by Crippen LogP contribution is -2.59. The van der Waals surface area contributed by atoms with Gasteiger partial charge in [0, 0.05) is 0 Å². The van der Waals surface area contributed by atoms with E-state index < -0.39 is 37.1 Å². The molecule has 1 aromatic heterocycles. The van der Waals surface area contributed by atoms with Gasteiger partial charge in [-0.3, -0.25) is 0 Å². The molecule has 124 valence electrons. The summed E-state index contributed by atoms with van der Waals surface area (Å²) < 4.78 is 7.34. The van der Waals surface area contributed by atoms with Crippen molar-refractivity contribution in [1.82, 2.24) is 9.55 Å². The summed E-state index contributed by atoms with van der Waals surface area (Å²) in [7, 11) is 0. The van der Waals surface area contributed by atoms with Crippen LogP contribution < -0.4 is 0 Å². The Morgan fingerprint density at radius 1 is 1.00 bits per heavy atom. The molecule has 23 heavy (non-hydrogen) atoms. The van der Waals surface area contributed by atoms with E-state index in [0.717, 1.165) is 11.3 Å². The number of hydrogen-bond donors (Lipinski definition) is 4. The summed E-state index contributed by atoms with van der Waals surface area (Å²) in [6.45, 7) is -0.192. The van der Waals surface area contributed by atoms with Crippen molar-refractivity contribution in [3.8, 4) is 11.3 Å². The minimum Gasteiger partial charge on any atom is -0.394 e. The minimum atomic E-state index is -1.37. The Morgan fingerprint density at radius 2 is 1.70 bits per heavy atom. The van der Waals surface area contributed by atoms with Crippen LogP contribution in [0.4, 0.5) is 0 Å². The van der Waals surface area contributed by atoms with Crippen molar-refractivity contribution in [3.05, 3.63) is 42.9 Å². The van der Waals surface area contributed by atoms with Crippen molar-refractivity contribution >= 4 is 0 Å². The molecule has 0 aliphatic carbocycles. The summed E-state index contributed by atoms with van der Waals surface area (Å²) in [6, 6.07) is 9.64. The maximum atomic E-state index is 10.1. The smallest absolute Gasteiger partial charge is 0.111 e. The van der Waals surface area contributed by atoms with E-state index in [1.807, 2.05) is 34.9 Å². The molecule has 0 spiro atoms. The average Bonchev–Trinajstić information content (AvgIpc) is 3.04. The van der Waals surface area contributed by atoms with Crippen LogP contribution in [-0.2, 0) is 11.3 Å². The maximum Gasteiger partial charge on any atom is 0.111 e. The molecule has 2 aromatic rings.